The van der Waals surface area contributed by atoms with Crippen LogP contribution in [0.15, 0.2) is 0 Å². The van der Waals surface area contributed by atoms with Gasteiger partial charge in [0.05, 0.1) is 0 Å². The SMILES string of the molecule is CC(C)C[C@H](NC=O)C(=O)O.[Ca+2].[H-].[H-]. The van der Waals surface area contributed by atoms with E-state index in [-0.39, 0.29) is 46.5 Å². The van der Waals surface area contributed by atoms with Crippen molar-refractivity contribution in [3.05, 3.63) is 0 Å². The summed E-state index contributed by atoms with van der Waals surface area (Å²) in [5, 5.41) is 10.8. The predicted octanol–water partition coefficient (Wildman–Crippen LogP) is 0.0759. The van der Waals surface area contributed by atoms with Gasteiger partial charge < -0.3 is 13.3 Å². The van der Waals surface area contributed by atoms with E-state index >= 15 is 0 Å². The van der Waals surface area contributed by atoms with Crippen molar-refractivity contribution < 1.29 is 17.5 Å². The van der Waals surface area contributed by atoms with Gasteiger partial charge in [-0.25, -0.2) is 4.79 Å². The number of carboxylic acids is 1. The number of amides is 1. The summed E-state index contributed by atoms with van der Waals surface area (Å²) in [6, 6.07) is -0.743. The molecule has 0 spiro atoms. The number of aliphatic carboxylic acids is 1. The summed E-state index contributed by atoms with van der Waals surface area (Å²) < 4.78 is 0. The second-order valence-corrected chi connectivity index (χ2v) is 2.80. The van der Waals surface area contributed by atoms with Gasteiger partial charge in [-0.3, -0.25) is 4.79 Å². The molecule has 0 aromatic rings. The number of hydrogen-bond acceptors (Lipinski definition) is 2. The third kappa shape index (κ3) is 6.88. The van der Waals surface area contributed by atoms with Gasteiger partial charge in [-0.2, -0.15) is 0 Å². The molecule has 0 aromatic heterocycles. The summed E-state index contributed by atoms with van der Waals surface area (Å²) in [4.78, 5) is 20.3. The molecule has 0 unspecified atom stereocenters. The summed E-state index contributed by atoms with van der Waals surface area (Å²) in [5.41, 5.74) is 0. The molecule has 0 aliphatic rings. The van der Waals surface area contributed by atoms with Crippen molar-refractivity contribution in [2.24, 2.45) is 5.92 Å². The standard InChI is InChI=1S/C7H13NO3.Ca.2H/c1-5(2)3-6(7(10)11)8-4-9;;;/h4-6H,3H2,1-2H3,(H,8,9)(H,10,11);;;/q;+2;2*-1/t6-;;;/m0.../s1. The third-order valence-corrected chi connectivity index (χ3v) is 1.27. The van der Waals surface area contributed by atoms with Gasteiger partial charge >= 0.3 is 43.7 Å². The zero-order valence-electron chi connectivity index (χ0n) is 9.41. The maximum Gasteiger partial charge on any atom is 2.00 e. The van der Waals surface area contributed by atoms with E-state index in [2.05, 4.69) is 5.32 Å². The Morgan fingerprint density at radius 1 is 1.67 bits per heavy atom. The Morgan fingerprint density at radius 2 is 2.17 bits per heavy atom. The summed E-state index contributed by atoms with van der Waals surface area (Å²) in [5.74, 6) is -0.714. The van der Waals surface area contributed by atoms with E-state index in [0.29, 0.717) is 12.8 Å². The summed E-state index contributed by atoms with van der Waals surface area (Å²) in [6.45, 7) is 3.81. The van der Waals surface area contributed by atoms with E-state index in [0.717, 1.165) is 0 Å². The Hall–Kier alpha value is 0.200. The smallest absolute Gasteiger partial charge is 1.00 e. The molecule has 0 saturated carbocycles. The molecule has 0 fully saturated rings. The van der Waals surface area contributed by atoms with Gasteiger partial charge in [0.2, 0.25) is 6.41 Å². The maximum absolute atomic E-state index is 10.4. The molecule has 1 atom stereocenters. The zero-order valence-corrected chi connectivity index (χ0v) is 9.62. The number of hydrogen-bond donors (Lipinski definition) is 2. The fraction of sp³-hybridized carbons (Fsp3) is 0.714. The van der Waals surface area contributed by atoms with Crippen LogP contribution in [-0.4, -0.2) is 61.3 Å². The summed E-state index contributed by atoms with van der Waals surface area (Å²) in [7, 11) is 0. The van der Waals surface area contributed by atoms with Gasteiger partial charge in [-0.05, 0) is 12.3 Å². The average molecular weight is 201 g/mol. The quantitative estimate of drug-likeness (QED) is 0.489. The second kappa shape index (κ2) is 7.83. The van der Waals surface area contributed by atoms with E-state index < -0.39 is 12.0 Å². The normalized spacial score (nSPS) is 11.6. The molecule has 1 amide bonds. The first-order valence-corrected chi connectivity index (χ1v) is 3.50. The fourth-order valence-corrected chi connectivity index (χ4v) is 0.794. The molecule has 5 heteroatoms. The first kappa shape index (κ1) is 14.7. The molecule has 0 rings (SSSR count). The first-order valence-electron chi connectivity index (χ1n) is 3.50. The Labute approximate surface area is 105 Å². The number of carbonyl (C=O) groups excluding carboxylic acids is 1. The molecule has 0 bridgehead atoms. The van der Waals surface area contributed by atoms with E-state index in [4.69, 9.17) is 5.11 Å². The number of nitrogens with one attached hydrogen (secondary N) is 1. The van der Waals surface area contributed by atoms with Gasteiger partial charge in [0.25, 0.3) is 0 Å². The van der Waals surface area contributed by atoms with Gasteiger partial charge in [-0.1, -0.05) is 13.8 Å². The Kier molecular flexibility index (Phi) is 9.60. The van der Waals surface area contributed by atoms with Gasteiger partial charge in [-0.15, -0.1) is 0 Å². The van der Waals surface area contributed by atoms with Crippen LogP contribution in [0.25, 0.3) is 0 Å². The van der Waals surface area contributed by atoms with Crippen LogP contribution in [0.5, 0.6) is 0 Å². The van der Waals surface area contributed by atoms with Crippen molar-refractivity contribution in [3.8, 4) is 0 Å². The van der Waals surface area contributed by atoms with Crippen molar-refractivity contribution in [1.29, 1.82) is 0 Å². The molecule has 0 aliphatic carbocycles. The molecule has 68 valence electrons. The van der Waals surface area contributed by atoms with E-state index in [1.807, 2.05) is 13.8 Å². The van der Waals surface area contributed by atoms with Crippen LogP contribution in [-0.2, 0) is 9.59 Å². The molecule has 0 heterocycles. The maximum atomic E-state index is 10.4. The molecule has 0 saturated heterocycles. The Balaban J connectivity index is -0.000000167. The third-order valence-electron chi connectivity index (χ3n) is 1.27. The number of rotatable bonds is 5. The molecular formula is C7H15CaNO3. The minimum absolute atomic E-state index is 0. The minimum atomic E-state index is -0.981. The number of carboxylic acid groups (broad SMARTS) is 1. The first-order chi connectivity index (χ1) is 5.07. The fourth-order valence-electron chi connectivity index (χ4n) is 0.794. The van der Waals surface area contributed by atoms with Gasteiger partial charge in [0, 0.05) is 0 Å². The van der Waals surface area contributed by atoms with Crippen LogP contribution in [0.3, 0.4) is 0 Å². The molecule has 4 nitrogen and oxygen atoms in total. The van der Waals surface area contributed by atoms with Crippen LogP contribution in [0.2, 0.25) is 0 Å². The van der Waals surface area contributed by atoms with E-state index in [9.17, 15) is 9.59 Å². The van der Waals surface area contributed by atoms with Crippen LogP contribution >= 0.6 is 0 Å². The largest absolute Gasteiger partial charge is 2.00 e. The van der Waals surface area contributed by atoms with Crippen molar-refractivity contribution in [3.63, 3.8) is 0 Å². The average Bonchev–Trinajstić information content (AvgIpc) is 1.86. The summed E-state index contributed by atoms with van der Waals surface area (Å²) in [6.07, 6.45) is 0.884. The van der Waals surface area contributed by atoms with Crippen LogP contribution in [0.1, 0.15) is 23.1 Å². The zero-order chi connectivity index (χ0) is 8.85. The number of carbonyl (C=O) groups is 2. The molecule has 0 radical (unpaired) electrons. The Bertz CT molecular complexity index is 158. The monoisotopic (exact) mass is 201 g/mol. The van der Waals surface area contributed by atoms with Crippen molar-refractivity contribution in [2.75, 3.05) is 0 Å². The van der Waals surface area contributed by atoms with Crippen molar-refractivity contribution >= 4 is 50.1 Å². The van der Waals surface area contributed by atoms with Crippen LogP contribution in [0, 0.1) is 5.92 Å². The minimum Gasteiger partial charge on any atom is -1.00 e. The Morgan fingerprint density at radius 3 is 2.42 bits per heavy atom. The van der Waals surface area contributed by atoms with Gasteiger partial charge in [0.15, 0.2) is 0 Å². The van der Waals surface area contributed by atoms with Crippen LogP contribution in [0.4, 0.5) is 0 Å². The predicted molar refractivity (Wildman–Crippen MR) is 48.1 cm³/mol. The van der Waals surface area contributed by atoms with Gasteiger partial charge in [0.1, 0.15) is 6.04 Å². The molecule has 12 heavy (non-hydrogen) atoms. The van der Waals surface area contributed by atoms with Crippen molar-refractivity contribution in [2.45, 2.75) is 26.3 Å². The topological polar surface area (TPSA) is 66.4 Å². The molecular weight excluding hydrogens is 186 g/mol. The molecule has 0 aliphatic heterocycles. The molecule has 0 aromatic carbocycles. The van der Waals surface area contributed by atoms with Crippen LogP contribution < -0.4 is 5.32 Å². The second-order valence-electron chi connectivity index (χ2n) is 2.80. The van der Waals surface area contributed by atoms with E-state index in [1.165, 1.54) is 0 Å². The summed E-state index contributed by atoms with van der Waals surface area (Å²) >= 11 is 0. The van der Waals surface area contributed by atoms with Crippen molar-refractivity contribution in [1.82, 2.24) is 5.32 Å². The molecule has 2 N–H and O–H groups in total. The van der Waals surface area contributed by atoms with E-state index in [1.54, 1.807) is 0 Å².